The van der Waals surface area contributed by atoms with E-state index in [-0.39, 0.29) is 0 Å². The Hall–Kier alpha value is 0. The van der Waals surface area contributed by atoms with Crippen molar-refractivity contribution < 1.29 is 0 Å². The Balaban J connectivity index is 1.72. The Morgan fingerprint density at radius 3 is 2.44 bits per heavy atom. The summed E-state index contributed by atoms with van der Waals surface area (Å²) in [7, 11) is 0. The fraction of sp³-hybridized carbons (Fsp3) is 0.889. The van der Waals surface area contributed by atoms with E-state index in [0.29, 0.717) is 0 Å². The lowest BCUT2D eigenvalue weighted by atomic mass is 9.72. The standard InChI is InChI=1S/C9H15/c1-7-2-5-9(7)6-8-3-4-8/h7-8H,2-6H2,1H3. The van der Waals surface area contributed by atoms with Gasteiger partial charge in [0.2, 0.25) is 0 Å². The molecule has 0 saturated heterocycles. The highest BCUT2D eigenvalue weighted by Crippen LogP contribution is 2.46. The van der Waals surface area contributed by atoms with Crippen LogP contribution >= 0.6 is 0 Å². The van der Waals surface area contributed by atoms with Crippen LogP contribution in [-0.2, 0) is 0 Å². The van der Waals surface area contributed by atoms with E-state index in [1.54, 1.807) is 0 Å². The van der Waals surface area contributed by atoms with Crippen molar-refractivity contribution in [1.82, 2.24) is 0 Å². The number of hydrogen-bond donors (Lipinski definition) is 0. The fourth-order valence-electron chi connectivity index (χ4n) is 1.63. The molecule has 0 nitrogen and oxygen atoms in total. The lowest BCUT2D eigenvalue weighted by molar-refractivity contribution is 0.357. The maximum atomic E-state index is 2.38. The second-order valence-electron chi connectivity index (χ2n) is 3.75. The van der Waals surface area contributed by atoms with Crippen LogP contribution in [0.4, 0.5) is 0 Å². The Morgan fingerprint density at radius 2 is 2.11 bits per heavy atom. The molecule has 0 amide bonds. The summed E-state index contributed by atoms with van der Waals surface area (Å²) in [6.07, 6.45) is 7.47. The van der Waals surface area contributed by atoms with Gasteiger partial charge >= 0.3 is 0 Å². The molecular weight excluding hydrogens is 108 g/mol. The van der Waals surface area contributed by atoms with Crippen molar-refractivity contribution in [1.29, 1.82) is 0 Å². The summed E-state index contributed by atoms with van der Waals surface area (Å²) in [4.78, 5) is 0. The molecule has 2 aliphatic carbocycles. The highest BCUT2D eigenvalue weighted by atomic mass is 14.4. The van der Waals surface area contributed by atoms with Gasteiger partial charge in [0.25, 0.3) is 0 Å². The molecule has 9 heavy (non-hydrogen) atoms. The zero-order valence-electron chi connectivity index (χ0n) is 6.19. The third kappa shape index (κ3) is 1.12. The molecule has 1 atom stereocenters. The molecule has 1 radical (unpaired) electrons. The molecule has 0 spiro atoms. The molecule has 2 aliphatic rings. The van der Waals surface area contributed by atoms with E-state index in [1.807, 2.05) is 5.92 Å². The van der Waals surface area contributed by atoms with Crippen molar-refractivity contribution >= 4 is 0 Å². The van der Waals surface area contributed by atoms with Crippen molar-refractivity contribution in [3.05, 3.63) is 5.92 Å². The second-order valence-corrected chi connectivity index (χ2v) is 3.75. The summed E-state index contributed by atoms with van der Waals surface area (Å²) in [5.41, 5.74) is 0. The monoisotopic (exact) mass is 123 g/mol. The summed E-state index contributed by atoms with van der Waals surface area (Å²) >= 11 is 0. The molecule has 1 unspecified atom stereocenters. The predicted molar refractivity (Wildman–Crippen MR) is 39.0 cm³/mol. The van der Waals surface area contributed by atoms with Gasteiger partial charge in [0.1, 0.15) is 0 Å². The highest BCUT2D eigenvalue weighted by molar-refractivity contribution is 5.06. The normalized spacial score (nSPS) is 36.3. The van der Waals surface area contributed by atoms with Crippen molar-refractivity contribution in [3.63, 3.8) is 0 Å². The van der Waals surface area contributed by atoms with E-state index >= 15 is 0 Å². The van der Waals surface area contributed by atoms with Gasteiger partial charge in [-0.2, -0.15) is 0 Å². The molecule has 0 aromatic rings. The molecule has 0 aliphatic heterocycles. The third-order valence-electron chi connectivity index (χ3n) is 2.84. The SMILES string of the molecule is CC1CC[C]1CC1CC1. The van der Waals surface area contributed by atoms with E-state index in [0.717, 1.165) is 11.8 Å². The van der Waals surface area contributed by atoms with Gasteiger partial charge in [0.15, 0.2) is 0 Å². The molecule has 2 fully saturated rings. The van der Waals surface area contributed by atoms with Gasteiger partial charge in [-0.05, 0) is 37.0 Å². The van der Waals surface area contributed by atoms with Gasteiger partial charge in [-0.1, -0.05) is 19.8 Å². The van der Waals surface area contributed by atoms with E-state index in [9.17, 15) is 0 Å². The van der Waals surface area contributed by atoms with E-state index < -0.39 is 0 Å². The van der Waals surface area contributed by atoms with Crippen LogP contribution in [0.2, 0.25) is 0 Å². The van der Waals surface area contributed by atoms with Crippen LogP contribution in [0.25, 0.3) is 0 Å². The minimum Gasteiger partial charge on any atom is -0.0620 e. The van der Waals surface area contributed by atoms with Crippen molar-refractivity contribution in [2.75, 3.05) is 0 Å². The largest absolute Gasteiger partial charge is 0.0620 e. The van der Waals surface area contributed by atoms with Crippen LogP contribution in [-0.4, -0.2) is 0 Å². The van der Waals surface area contributed by atoms with Crippen LogP contribution in [0.3, 0.4) is 0 Å². The number of hydrogen-bond acceptors (Lipinski definition) is 0. The lowest BCUT2D eigenvalue weighted by Crippen LogP contribution is -2.20. The first-order valence-corrected chi connectivity index (χ1v) is 4.21. The van der Waals surface area contributed by atoms with E-state index in [4.69, 9.17) is 0 Å². The Morgan fingerprint density at radius 1 is 1.33 bits per heavy atom. The first-order valence-electron chi connectivity index (χ1n) is 4.21. The van der Waals surface area contributed by atoms with Crippen LogP contribution in [0.5, 0.6) is 0 Å². The molecular formula is C9H15. The predicted octanol–water partition coefficient (Wildman–Crippen LogP) is 2.79. The van der Waals surface area contributed by atoms with Gasteiger partial charge < -0.3 is 0 Å². The van der Waals surface area contributed by atoms with Crippen molar-refractivity contribution in [2.45, 2.75) is 39.0 Å². The molecule has 0 heterocycles. The molecule has 0 aromatic carbocycles. The maximum absolute atomic E-state index is 2.38. The van der Waals surface area contributed by atoms with Gasteiger partial charge in [-0.3, -0.25) is 0 Å². The Bertz CT molecular complexity index is 103. The average Bonchev–Trinajstić information content (AvgIpc) is 2.62. The van der Waals surface area contributed by atoms with E-state index in [2.05, 4.69) is 6.92 Å². The highest BCUT2D eigenvalue weighted by Gasteiger charge is 2.33. The zero-order chi connectivity index (χ0) is 6.27. The smallest absolute Gasteiger partial charge is 0.0210 e. The van der Waals surface area contributed by atoms with Crippen molar-refractivity contribution in [2.24, 2.45) is 11.8 Å². The molecule has 2 rings (SSSR count). The van der Waals surface area contributed by atoms with E-state index in [1.165, 1.54) is 32.1 Å². The van der Waals surface area contributed by atoms with Gasteiger partial charge in [0.05, 0.1) is 0 Å². The molecule has 2 saturated carbocycles. The lowest BCUT2D eigenvalue weighted by Gasteiger charge is -2.33. The topological polar surface area (TPSA) is 0 Å². The summed E-state index contributed by atoms with van der Waals surface area (Å²) in [6.45, 7) is 2.38. The molecule has 51 valence electrons. The van der Waals surface area contributed by atoms with Crippen LogP contribution in [0.1, 0.15) is 39.0 Å². The van der Waals surface area contributed by atoms with Crippen LogP contribution in [0, 0.1) is 17.8 Å². The minimum absolute atomic E-state index is 0.991. The fourth-order valence-corrected chi connectivity index (χ4v) is 1.63. The first kappa shape index (κ1) is 5.76. The maximum Gasteiger partial charge on any atom is -0.0210 e. The summed E-state index contributed by atoms with van der Waals surface area (Å²) in [5, 5.41) is 0. The quantitative estimate of drug-likeness (QED) is 0.529. The third-order valence-corrected chi connectivity index (χ3v) is 2.84. The first-order chi connectivity index (χ1) is 4.36. The van der Waals surface area contributed by atoms with Crippen LogP contribution < -0.4 is 0 Å². The summed E-state index contributed by atoms with van der Waals surface area (Å²) < 4.78 is 0. The van der Waals surface area contributed by atoms with Crippen molar-refractivity contribution in [3.8, 4) is 0 Å². The Kier molecular flexibility index (Phi) is 1.28. The van der Waals surface area contributed by atoms with Crippen LogP contribution in [0.15, 0.2) is 0 Å². The molecule has 0 bridgehead atoms. The summed E-state index contributed by atoms with van der Waals surface area (Å²) in [5.74, 6) is 3.99. The van der Waals surface area contributed by atoms with Gasteiger partial charge in [-0.15, -0.1) is 0 Å². The summed E-state index contributed by atoms with van der Waals surface area (Å²) in [6, 6.07) is 0. The van der Waals surface area contributed by atoms with Gasteiger partial charge in [-0.25, -0.2) is 0 Å². The molecule has 0 aromatic heterocycles. The van der Waals surface area contributed by atoms with Gasteiger partial charge in [0, 0.05) is 0 Å². The second kappa shape index (κ2) is 2.00. The number of rotatable bonds is 2. The average molecular weight is 123 g/mol. The minimum atomic E-state index is 0.991. The Labute approximate surface area is 57.6 Å². The zero-order valence-corrected chi connectivity index (χ0v) is 6.19. The molecule has 0 heteroatoms. The molecule has 0 N–H and O–H groups in total.